The van der Waals surface area contributed by atoms with Crippen molar-refractivity contribution in [2.75, 3.05) is 0 Å². The highest BCUT2D eigenvalue weighted by Gasteiger charge is 2.36. The number of benzene rings is 2. The summed E-state index contributed by atoms with van der Waals surface area (Å²) in [6.07, 6.45) is -4.37. The molecule has 0 atom stereocenters. The highest BCUT2D eigenvalue weighted by molar-refractivity contribution is 6.35. The van der Waals surface area contributed by atoms with Crippen molar-refractivity contribution in [2.45, 2.75) is 39.5 Å². The Morgan fingerprint density at radius 2 is 1.50 bits per heavy atom. The van der Waals surface area contributed by atoms with Gasteiger partial charge in [0.2, 0.25) is 0 Å². The van der Waals surface area contributed by atoms with Gasteiger partial charge in [0.05, 0.1) is 11.1 Å². The predicted octanol–water partition coefficient (Wildman–Crippen LogP) is 7.09. The molecule has 0 fully saturated rings. The Morgan fingerprint density at radius 1 is 0.933 bits per heavy atom. The predicted molar refractivity (Wildman–Crippen MR) is 111 cm³/mol. The molecule has 3 nitrogen and oxygen atoms in total. The number of allylic oxidation sites excluding steroid dienone is 2. The molecule has 2 rings (SSSR count). The molecular formula is C22H19Cl2F3O3. The molecule has 0 spiro atoms. The van der Waals surface area contributed by atoms with Crippen molar-refractivity contribution in [1.29, 1.82) is 0 Å². The third kappa shape index (κ3) is 6.34. The molecule has 0 aliphatic rings. The van der Waals surface area contributed by atoms with E-state index in [1.807, 2.05) is 0 Å². The lowest BCUT2D eigenvalue weighted by Gasteiger charge is -2.20. The van der Waals surface area contributed by atoms with Crippen LogP contribution in [0, 0.1) is 6.92 Å². The van der Waals surface area contributed by atoms with E-state index in [0.29, 0.717) is 11.6 Å². The highest BCUT2D eigenvalue weighted by atomic mass is 35.5. The number of ether oxygens (including phenoxy) is 1. The van der Waals surface area contributed by atoms with Crippen LogP contribution in [0.2, 0.25) is 10.0 Å². The van der Waals surface area contributed by atoms with Crippen molar-refractivity contribution in [3.63, 3.8) is 0 Å². The van der Waals surface area contributed by atoms with Gasteiger partial charge in [-0.25, -0.2) is 4.79 Å². The molecule has 2 aromatic carbocycles. The number of halogens is 5. The zero-order valence-electron chi connectivity index (χ0n) is 16.7. The Balaban J connectivity index is 2.50. The minimum absolute atomic E-state index is 0.00245. The number of carbonyl (C=O) groups is 2. The Hall–Kier alpha value is -2.31. The van der Waals surface area contributed by atoms with E-state index in [0.717, 1.165) is 12.1 Å². The zero-order chi connectivity index (χ0) is 22.9. The minimum Gasteiger partial charge on any atom is -0.456 e. The summed E-state index contributed by atoms with van der Waals surface area (Å²) < 4.78 is 46.2. The first-order chi connectivity index (χ1) is 13.7. The molecule has 0 radical (unpaired) electrons. The summed E-state index contributed by atoms with van der Waals surface area (Å²) in [5, 5.41) is 0.00490. The highest BCUT2D eigenvalue weighted by Crippen LogP contribution is 2.36. The molecule has 0 aliphatic heterocycles. The number of rotatable bonds is 4. The summed E-state index contributed by atoms with van der Waals surface area (Å²) in [5.41, 5.74) is -1.76. The van der Waals surface area contributed by atoms with Gasteiger partial charge in [0.1, 0.15) is 5.60 Å². The number of esters is 1. The molecule has 160 valence electrons. The molecule has 30 heavy (non-hydrogen) atoms. The van der Waals surface area contributed by atoms with Gasteiger partial charge in [-0.3, -0.25) is 4.79 Å². The quantitative estimate of drug-likeness (QED) is 0.279. The number of carbonyl (C=O) groups excluding carboxylic acids is 2. The Bertz CT molecular complexity index is 999. The second-order valence-electron chi connectivity index (χ2n) is 7.61. The van der Waals surface area contributed by atoms with E-state index >= 15 is 0 Å². The van der Waals surface area contributed by atoms with Crippen LogP contribution in [0.5, 0.6) is 0 Å². The fourth-order valence-corrected chi connectivity index (χ4v) is 3.11. The van der Waals surface area contributed by atoms with Crippen molar-refractivity contribution in [2.24, 2.45) is 0 Å². The van der Waals surface area contributed by atoms with Gasteiger partial charge in [0.15, 0.2) is 5.78 Å². The topological polar surface area (TPSA) is 43.4 Å². The van der Waals surface area contributed by atoms with E-state index in [9.17, 15) is 22.8 Å². The van der Waals surface area contributed by atoms with Gasteiger partial charge in [0.25, 0.3) is 0 Å². The van der Waals surface area contributed by atoms with Crippen molar-refractivity contribution in [1.82, 2.24) is 0 Å². The largest absolute Gasteiger partial charge is 0.456 e. The van der Waals surface area contributed by atoms with Gasteiger partial charge in [-0.15, -0.1) is 0 Å². The van der Waals surface area contributed by atoms with Crippen LogP contribution in [-0.4, -0.2) is 23.5 Å². The molecule has 0 unspecified atom stereocenters. The van der Waals surface area contributed by atoms with Crippen LogP contribution in [0.3, 0.4) is 0 Å². The molecule has 0 saturated carbocycles. The lowest BCUT2D eigenvalue weighted by Crippen LogP contribution is -2.24. The van der Waals surface area contributed by atoms with E-state index in [1.165, 1.54) is 24.3 Å². The lowest BCUT2D eigenvalue weighted by atomic mass is 9.98. The average molecular weight is 459 g/mol. The van der Waals surface area contributed by atoms with Gasteiger partial charge in [-0.1, -0.05) is 35.3 Å². The number of ketones is 1. The molecule has 8 heteroatoms. The summed E-state index contributed by atoms with van der Waals surface area (Å²) >= 11 is 11.6. The van der Waals surface area contributed by atoms with Crippen LogP contribution in [-0.2, 0) is 4.74 Å². The SMILES string of the molecule is Cc1ccc(C(=O)/C=C(/c2cc(Cl)cc(Cl)c2)C(F)(F)F)cc1C(=O)OC(C)(C)C. The first-order valence-electron chi connectivity index (χ1n) is 8.81. The summed E-state index contributed by atoms with van der Waals surface area (Å²) in [4.78, 5) is 25.0. The van der Waals surface area contributed by atoms with E-state index in [2.05, 4.69) is 0 Å². The molecule has 0 aromatic heterocycles. The molecule has 0 aliphatic carbocycles. The number of alkyl halides is 3. The molecule has 0 heterocycles. The summed E-state index contributed by atoms with van der Waals surface area (Å²) in [5.74, 6) is -1.60. The van der Waals surface area contributed by atoms with E-state index in [1.54, 1.807) is 27.7 Å². The van der Waals surface area contributed by atoms with E-state index in [4.69, 9.17) is 27.9 Å². The normalized spacial score (nSPS) is 12.6. The van der Waals surface area contributed by atoms with E-state index in [-0.39, 0.29) is 26.7 Å². The van der Waals surface area contributed by atoms with Crippen LogP contribution in [0.1, 0.15) is 52.6 Å². The fourth-order valence-electron chi connectivity index (χ4n) is 2.58. The molecule has 0 saturated heterocycles. The van der Waals surface area contributed by atoms with Crippen LogP contribution in [0.4, 0.5) is 13.2 Å². The van der Waals surface area contributed by atoms with Crippen molar-refractivity contribution >= 4 is 40.5 Å². The van der Waals surface area contributed by atoms with Gasteiger partial charge < -0.3 is 4.74 Å². The Labute approximate surface area is 182 Å². The van der Waals surface area contributed by atoms with Crippen molar-refractivity contribution in [3.8, 4) is 0 Å². The molecule has 2 aromatic rings. The lowest BCUT2D eigenvalue weighted by molar-refractivity contribution is -0.0689. The van der Waals surface area contributed by atoms with Crippen molar-refractivity contribution < 1.29 is 27.5 Å². The Kier molecular flexibility index (Phi) is 7.05. The Morgan fingerprint density at radius 3 is 2.00 bits per heavy atom. The molecular weight excluding hydrogens is 440 g/mol. The van der Waals surface area contributed by atoms with Crippen LogP contribution in [0.25, 0.3) is 5.57 Å². The van der Waals surface area contributed by atoms with Crippen LogP contribution < -0.4 is 0 Å². The van der Waals surface area contributed by atoms with Crippen LogP contribution >= 0.6 is 23.2 Å². The van der Waals surface area contributed by atoms with Crippen LogP contribution in [0.15, 0.2) is 42.5 Å². The molecule has 0 N–H and O–H groups in total. The van der Waals surface area contributed by atoms with Crippen molar-refractivity contribution in [3.05, 3.63) is 74.8 Å². The first kappa shape index (κ1) is 24.0. The maximum Gasteiger partial charge on any atom is 0.417 e. The number of hydrogen-bond donors (Lipinski definition) is 0. The molecule has 0 bridgehead atoms. The molecule has 0 amide bonds. The third-order valence-corrected chi connectivity index (χ3v) is 4.33. The summed E-state index contributed by atoms with van der Waals surface area (Å²) in [6.45, 7) is 6.69. The summed E-state index contributed by atoms with van der Waals surface area (Å²) in [6, 6.07) is 7.48. The van der Waals surface area contributed by atoms with E-state index < -0.39 is 29.1 Å². The second-order valence-corrected chi connectivity index (χ2v) is 8.48. The smallest absolute Gasteiger partial charge is 0.417 e. The number of hydrogen-bond acceptors (Lipinski definition) is 3. The monoisotopic (exact) mass is 458 g/mol. The maximum absolute atomic E-state index is 13.6. The fraction of sp³-hybridized carbons (Fsp3) is 0.273. The summed E-state index contributed by atoms with van der Waals surface area (Å²) in [7, 11) is 0. The van der Waals surface area contributed by atoms with Gasteiger partial charge in [0, 0.05) is 15.6 Å². The first-order valence-corrected chi connectivity index (χ1v) is 9.56. The van der Waals surface area contributed by atoms with Gasteiger partial charge in [-0.2, -0.15) is 13.2 Å². The minimum atomic E-state index is -4.83. The second kappa shape index (κ2) is 8.82. The number of aryl methyl sites for hydroxylation is 1. The zero-order valence-corrected chi connectivity index (χ0v) is 18.2. The standard InChI is InChI=1S/C22H19Cl2F3O3/c1-12-5-6-13(9-17(12)20(29)30-21(2,3)4)19(28)11-18(22(25,26)27)14-7-15(23)10-16(24)8-14/h5-11H,1-4H3/b18-11-. The third-order valence-electron chi connectivity index (χ3n) is 3.90. The van der Waals surface area contributed by atoms with Gasteiger partial charge in [-0.05, 0) is 69.2 Å². The van der Waals surface area contributed by atoms with Gasteiger partial charge >= 0.3 is 12.1 Å². The average Bonchev–Trinajstić information content (AvgIpc) is 2.56. The maximum atomic E-state index is 13.6.